The number of nitrogens with zero attached hydrogens (tertiary/aromatic N) is 4. The van der Waals surface area contributed by atoms with Crippen molar-refractivity contribution in [3.8, 4) is 22.6 Å². The summed E-state index contributed by atoms with van der Waals surface area (Å²) in [7, 11) is 0. The SMILES string of the molecule is Cc1ccnc(N2CCOc3c(O)cc(-c4cccnc4)cc3C2)n1. The van der Waals surface area contributed by atoms with Crippen molar-refractivity contribution in [2.24, 2.45) is 0 Å². The fourth-order valence-electron chi connectivity index (χ4n) is 2.96. The first-order chi connectivity index (χ1) is 12.2. The number of aromatic hydroxyl groups is 1. The summed E-state index contributed by atoms with van der Waals surface area (Å²) in [6.07, 6.45) is 5.26. The van der Waals surface area contributed by atoms with E-state index in [2.05, 4.69) is 19.9 Å². The van der Waals surface area contributed by atoms with Crippen molar-refractivity contribution in [1.29, 1.82) is 0 Å². The van der Waals surface area contributed by atoms with Crippen molar-refractivity contribution in [1.82, 2.24) is 15.0 Å². The van der Waals surface area contributed by atoms with Gasteiger partial charge in [-0.3, -0.25) is 4.98 Å². The number of hydrogen-bond donors (Lipinski definition) is 1. The van der Waals surface area contributed by atoms with Gasteiger partial charge < -0.3 is 14.7 Å². The average Bonchev–Trinajstić information content (AvgIpc) is 2.85. The third-order valence-electron chi connectivity index (χ3n) is 4.17. The third-order valence-corrected chi connectivity index (χ3v) is 4.17. The number of phenols is 1. The van der Waals surface area contributed by atoms with Crippen LogP contribution in [0.15, 0.2) is 48.9 Å². The molecule has 126 valence electrons. The highest BCUT2D eigenvalue weighted by molar-refractivity contribution is 5.68. The number of rotatable bonds is 2. The molecule has 0 atom stereocenters. The van der Waals surface area contributed by atoms with Gasteiger partial charge in [-0.25, -0.2) is 9.97 Å². The summed E-state index contributed by atoms with van der Waals surface area (Å²) in [4.78, 5) is 15.1. The summed E-state index contributed by atoms with van der Waals surface area (Å²) >= 11 is 0. The smallest absolute Gasteiger partial charge is 0.225 e. The van der Waals surface area contributed by atoms with Gasteiger partial charge >= 0.3 is 0 Å². The van der Waals surface area contributed by atoms with Gasteiger partial charge in [0.05, 0.1) is 6.54 Å². The largest absolute Gasteiger partial charge is 0.504 e. The molecule has 0 amide bonds. The van der Waals surface area contributed by atoms with Gasteiger partial charge in [-0.15, -0.1) is 0 Å². The van der Waals surface area contributed by atoms with Crippen molar-refractivity contribution in [3.63, 3.8) is 0 Å². The minimum Gasteiger partial charge on any atom is -0.504 e. The molecule has 0 unspecified atom stereocenters. The number of benzene rings is 1. The molecule has 1 N–H and O–H groups in total. The minimum absolute atomic E-state index is 0.142. The highest BCUT2D eigenvalue weighted by Gasteiger charge is 2.21. The van der Waals surface area contributed by atoms with Gasteiger partial charge in [-0.05, 0) is 36.8 Å². The van der Waals surface area contributed by atoms with E-state index in [1.54, 1.807) is 24.7 Å². The van der Waals surface area contributed by atoms with Crippen LogP contribution >= 0.6 is 0 Å². The van der Waals surface area contributed by atoms with Crippen LogP contribution in [0.2, 0.25) is 0 Å². The van der Waals surface area contributed by atoms with Crippen LogP contribution in [0.5, 0.6) is 11.5 Å². The van der Waals surface area contributed by atoms with Crippen LogP contribution in [-0.2, 0) is 6.54 Å². The van der Waals surface area contributed by atoms with Gasteiger partial charge in [0, 0.05) is 42.0 Å². The summed E-state index contributed by atoms with van der Waals surface area (Å²) in [6, 6.07) is 9.46. The molecular weight excluding hydrogens is 316 g/mol. The number of anilines is 1. The highest BCUT2D eigenvalue weighted by Crippen LogP contribution is 2.37. The second kappa shape index (κ2) is 6.39. The van der Waals surface area contributed by atoms with Crippen molar-refractivity contribution in [2.75, 3.05) is 18.1 Å². The molecule has 0 spiro atoms. The fourth-order valence-corrected chi connectivity index (χ4v) is 2.96. The summed E-state index contributed by atoms with van der Waals surface area (Å²) in [6.45, 7) is 3.63. The van der Waals surface area contributed by atoms with E-state index in [0.29, 0.717) is 31.4 Å². The topological polar surface area (TPSA) is 71.4 Å². The maximum Gasteiger partial charge on any atom is 0.225 e. The Kier molecular flexibility index (Phi) is 3.93. The second-order valence-corrected chi connectivity index (χ2v) is 5.99. The number of hydrogen-bond acceptors (Lipinski definition) is 6. The molecule has 0 saturated heterocycles. The standard InChI is InChI=1S/C19H18N4O2/c1-13-4-6-21-19(22-13)23-7-8-25-18-16(12-23)9-15(10-17(18)24)14-3-2-5-20-11-14/h2-6,9-11,24H,7-8,12H2,1H3. The van der Waals surface area contributed by atoms with Gasteiger partial charge in [0.2, 0.25) is 5.95 Å². The molecule has 0 saturated carbocycles. The number of aromatic nitrogens is 3. The van der Waals surface area contributed by atoms with E-state index in [1.165, 1.54) is 0 Å². The van der Waals surface area contributed by atoms with Crippen LogP contribution in [0.4, 0.5) is 5.95 Å². The first-order valence-electron chi connectivity index (χ1n) is 8.14. The molecule has 0 radical (unpaired) electrons. The van der Waals surface area contributed by atoms with Gasteiger partial charge in [-0.1, -0.05) is 6.07 Å². The van der Waals surface area contributed by atoms with E-state index in [-0.39, 0.29) is 5.75 Å². The fraction of sp³-hybridized carbons (Fsp3) is 0.211. The highest BCUT2D eigenvalue weighted by atomic mass is 16.5. The van der Waals surface area contributed by atoms with Crippen LogP contribution in [0.25, 0.3) is 11.1 Å². The van der Waals surface area contributed by atoms with Crippen LogP contribution in [0.3, 0.4) is 0 Å². The lowest BCUT2D eigenvalue weighted by molar-refractivity contribution is 0.311. The molecule has 0 bridgehead atoms. The van der Waals surface area contributed by atoms with Gasteiger partial charge in [0.15, 0.2) is 11.5 Å². The van der Waals surface area contributed by atoms with Crippen LogP contribution < -0.4 is 9.64 Å². The van der Waals surface area contributed by atoms with Crippen LogP contribution in [-0.4, -0.2) is 33.2 Å². The molecule has 3 heterocycles. The molecule has 2 aromatic heterocycles. The Labute approximate surface area is 145 Å². The van der Waals surface area contributed by atoms with Gasteiger partial charge in [-0.2, -0.15) is 0 Å². The third kappa shape index (κ3) is 3.10. The normalized spacial score (nSPS) is 13.7. The maximum absolute atomic E-state index is 10.4. The van der Waals surface area contributed by atoms with E-state index in [4.69, 9.17) is 4.74 Å². The predicted octanol–water partition coefficient (Wildman–Crippen LogP) is 2.95. The number of aryl methyl sites for hydroxylation is 1. The van der Waals surface area contributed by atoms with E-state index in [0.717, 1.165) is 22.4 Å². The lowest BCUT2D eigenvalue weighted by Crippen LogP contribution is -2.27. The van der Waals surface area contributed by atoms with Gasteiger partial charge in [0.1, 0.15) is 6.61 Å². The minimum atomic E-state index is 0.142. The molecule has 1 aromatic carbocycles. The van der Waals surface area contributed by atoms with Crippen molar-refractivity contribution in [3.05, 3.63) is 60.2 Å². The average molecular weight is 334 g/mol. The number of pyridine rings is 1. The summed E-state index contributed by atoms with van der Waals surface area (Å²) in [5.41, 5.74) is 3.67. The predicted molar refractivity (Wildman–Crippen MR) is 94.7 cm³/mol. The molecule has 4 rings (SSSR count). The van der Waals surface area contributed by atoms with E-state index >= 15 is 0 Å². The van der Waals surface area contributed by atoms with Crippen LogP contribution in [0.1, 0.15) is 11.3 Å². The monoisotopic (exact) mass is 334 g/mol. The lowest BCUT2D eigenvalue weighted by Gasteiger charge is -2.20. The number of ether oxygens (including phenoxy) is 1. The molecule has 1 aliphatic rings. The van der Waals surface area contributed by atoms with Crippen LogP contribution in [0, 0.1) is 6.92 Å². The number of fused-ring (bicyclic) bond motifs is 1. The molecule has 6 heteroatoms. The Hall–Kier alpha value is -3.15. The Morgan fingerprint density at radius 2 is 2.08 bits per heavy atom. The first-order valence-corrected chi connectivity index (χ1v) is 8.14. The summed E-state index contributed by atoms with van der Waals surface area (Å²) < 4.78 is 5.79. The molecule has 25 heavy (non-hydrogen) atoms. The molecule has 1 aliphatic heterocycles. The van der Waals surface area contributed by atoms with Crippen molar-refractivity contribution < 1.29 is 9.84 Å². The molecular formula is C19H18N4O2. The Bertz CT molecular complexity index is 899. The second-order valence-electron chi connectivity index (χ2n) is 5.99. The zero-order valence-electron chi connectivity index (χ0n) is 13.9. The van der Waals surface area contributed by atoms with Gasteiger partial charge in [0.25, 0.3) is 0 Å². The molecule has 0 fully saturated rings. The summed E-state index contributed by atoms with van der Waals surface area (Å²) in [5, 5.41) is 10.4. The maximum atomic E-state index is 10.4. The zero-order chi connectivity index (χ0) is 17.2. The van der Waals surface area contributed by atoms with E-state index in [9.17, 15) is 5.11 Å². The van der Waals surface area contributed by atoms with E-state index in [1.807, 2.05) is 31.2 Å². The first kappa shape index (κ1) is 15.4. The molecule has 6 nitrogen and oxygen atoms in total. The lowest BCUT2D eigenvalue weighted by atomic mass is 10.0. The number of phenolic OH excluding ortho intramolecular Hbond substituents is 1. The quantitative estimate of drug-likeness (QED) is 0.777. The van der Waals surface area contributed by atoms with Crippen molar-refractivity contribution in [2.45, 2.75) is 13.5 Å². The molecule has 0 aliphatic carbocycles. The summed E-state index contributed by atoms with van der Waals surface area (Å²) in [5.74, 6) is 1.34. The zero-order valence-corrected chi connectivity index (χ0v) is 13.9. The van der Waals surface area contributed by atoms with Crippen molar-refractivity contribution >= 4 is 5.95 Å². The Morgan fingerprint density at radius 3 is 2.88 bits per heavy atom. The molecule has 3 aromatic rings. The van der Waals surface area contributed by atoms with E-state index < -0.39 is 0 Å². The Morgan fingerprint density at radius 1 is 1.16 bits per heavy atom. The Balaban J connectivity index is 1.74.